The topological polar surface area (TPSA) is 72.9 Å². The Balaban J connectivity index is 2.28. The van der Waals surface area contributed by atoms with E-state index in [2.05, 4.69) is 10.4 Å². The Morgan fingerprint density at radius 3 is 2.63 bits per heavy atom. The van der Waals surface area contributed by atoms with Crippen molar-refractivity contribution in [2.24, 2.45) is 7.05 Å². The molecular formula is C13H15FN4O. The first kappa shape index (κ1) is 13.1. The normalized spacial score (nSPS) is 10.5. The summed E-state index contributed by atoms with van der Waals surface area (Å²) in [5.74, 6) is -0.680. The molecule has 0 aliphatic rings. The predicted molar refractivity (Wildman–Crippen MR) is 71.4 cm³/mol. The molecule has 2 aromatic rings. The van der Waals surface area contributed by atoms with Crippen LogP contribution in [-0.2, 0) is 7.05 Å². The molecule has 1 amide bonds. The van der Waals surface area contributed by atoms with Crippen LogP contribution in [0.25, 0.3) is 0 Å². The van der Waals surface area contributed by atoms with E-state index in [0.717, 1.165) is 0 Å². The van der Waals surface area contributed by atoms with Crippen molar-refractivity contribution in [3.63, 3.8) is 0 Å². The molecule has 0 atom stereocenters. The van der Waals surface area contributed by atoms with Crippen LogP contribution in [0, 0.1) is 19.7 Å². The van der Waals surface area contributed by atoms with E-state index >= 15 is 0 Å². The highest BCUT2D eigenvalue weighted by Crippen LogP contribution is 2.18. The SMILES string of the molecule is Cc1cc(NC(=O)c2c(N)c(C)nn2C)ccc1F. The lowest BCUT2D eigenvalue weighted by Crippen LogP contribution is -2.17. The summed E-state index contributed by atoms with van der Waals surface area (Å²) in [4.78, 5) is 12.1. The van der Waals surface area contributed by atoms with E-state index in [4.69, 9.17) is 5.73 Å². The van der Waals surface area contributed by atoms with Gasteiger partial charge in [-0.15, -0.1) is 0 Å². The molecule has 1 heterocycles. The monoisotopic (exact) mass is 262 g/mol. The van der Waals surface area contributed by atoms with Crippen molar-refractivity contribution in [2.45, 2.75) is 13.8 Å². The summed E-state index contributed by atoms with van der Waals surface area (Å²) in [6, 6.07) is 4.37. The Bertz CT molecular complexity index is 648. The van der Waals surface area contributed by atoms with Gasteiger partial charge in [0.1, 0.15) is 11.5 Å². The average Bonchev–Trinajstić information content (AvgIpc) is 2.58. The zero-order valence-corrected chi connectivity index (χ0v) is 11.0. The number of carbonyl (C=O) groups is 1. The molecule has 1 aromatic heterocycles. The van der Waals surface area contributed by atoms with Gasteiger partial charge in [0.25, 0.3) is 5.91 Å². The minimum Gasteiger partial charge on any atom is -0.395 e. The first-order valence-electron chi connectivity index (χ1n) is 5.76. The lowest BCUT2D eigenvalue weighted by Gasteiger charge is -2.07. The van der Waals surface area contributed by atoms with Crippen LogP contribution >= 0.6 is 0 Å². The summed E-state index contributed by atoms with van der Waals surface area (Å²) < 4.78 is 14.6. The van der Waals surface area contributed by atoms with Crippen molar-refractivity contribution < 1.29 is 9.18 Å². The van der Waals surface area contributed by atoms with Gasteiger partial charge in [-0.25, -0.2) is 4.39 Å². The predicted octanol–water partition coefficient (Wildman–Crippen LogP) is 2.01. The summed E-state index contributed by atoms with van der Waals surface area (Å²) in [7, 11) is 1.65. The molecule has 19 heavy (non-hydrogen) atoms. The van der Waals surface area contributed by atoms with Gasteiger partial charge >= 0.3 is 0 Å². The highest BCUT2D eigenvalue weighted by atomic mass is 19.1. The molecule has 1 aromatic carbocycles. The number of aryl methyl sites for hydroxylation is 3. The van der Waals surface area contributed by atoms with Gasteiger partial charge in [0, 0.05) is 12.7 Å². The number of halogens is 1. The molecule has 0 unspecified atom stereocenters. The lowest BCUT2D eigenvalue weighted by atomic mass is 10.2. The Morgan fingerprint density at radius 1 is 1.42 bits per heavy atom. The van der Waals surface area contributed by atoms with Gasteiger partial charge in [0.05, 0.1) is 11.4 Å². The average molecular weight is 262 g/mol. The number of anilines is 2. The molecule has 0 fully saturated rings. The van der Waals surface area contributed by atoms with Crippen LogP contribution in [0.1, 0.15) is 21.7 Å². The van der Waals surface area contributed by atoms with Gasteiger partial charge in [0.15, 0.2) is 0 Å². The van der Waals surface area contributed by atoms with Crippen LogP contribution in [-0.4, -0.2) is 15.7 Å². The van der Waals surface area contributed by atoms with Crippen molar-refractivity contribution in [3.05, 3.63) is 41.0 Å². The van der Waals surface area contributed by atoms with Gasteiger partial charge < -0.3 is 11.1 Å². The summed E-state index contributed by atoms with van der Waals surface area (Å²) in [6.45, 7) is 3.36. The second-order valence-electron chi connectivity index (χ2n) is 4.39. The van der Waals surface area contributed by atoms with Gasteiger partial charge in [0.2, 0.25) is 0 Å². The molecule has 0 saturated heterocycles. The zero-order chi connectivity index (χ0) is 14.2. The quantitative estimate of drug-likeness (QED) is 0.869. The second kappa shape index (κ2) is 4.72. The number of rotatable bonds is 2. The van der Waals surface area contributed by atoms with Crippen LogP contribution in [0.2, 0.25) is 0 Å². The van der Waals surface area contributed by atoms with Crippen molar-refractivity contribution in [1.82, 2.24) is 9.78 Å². The van der Waals surface area contributed by atoms with Gasteiger partial charge in [-0.2, -0.15) is 5.10 Å². The third-order valence-electron chi connectivity index (χ3n) is 2.90. The number of nitrogens with zero attached hydrogens (tertiary/aromatic N) is 2. The van der Waals surface area contributed by atoms with Crippen molar-refractivity contribution in [2.75, 3.05) is 11.1 Å². The van der Waals surface area contributed by atoms with E-state index in [-0.39, 0.29) is 11.7 Å². The summed E-state index contributed by atoms with van der Waals surface area (Å²) in [6.07, 6.45) is 0. The number of aromatic nitrogens is 2. The largest absolute Gasteiger partial charge is 0.395 e. The van der Waals surface area contributed by atoms with E-state index < -0.39 is 0 Å². The van der Waals surface area contributed by atoms with Crippen molar-refractivity contribution >= 4 is 17.3 Å². The van der Waals surface area contributed by atoms with E-state index in [1.165, 1.54) is 16.8 Å². The van der Waals surface area contributed by atoms with Gasteiger partial charge in [-0.1, -0.05) is 0 Å². The number of carbonyl (C=O) groups excluding carboxylic acids is 1. The fourth-order valence-electron chi connectivity index (χ4n) is 1.86. The van der Waals surface area contributed by atoms with Crippen molar-refractivity contribution in [1.29, 1.82) is 0 Å². The Kier molecular flexibility index (Phi) is 3.25. The molecular weight excluding hydrogens is 247 g/mol. The van der Waals surface area contributed by atoms with Gasteiger partial charge in [-0.3, -0.25) is 9.48 Å². The maximum absolute atomic E-state index is 13.1. The van der Waals surface area contributed by atoms with Crippen LogP contribution in [0.3, 0.4) is 0 Å². The molecule has 3 N–H and O–H groups in total. The molecule has 100 valence electrons. The number of amides is 1. The Labute approximate surface area is 110 Å². The van der Waals surface area contributed by atoms with E-state index in [0.29, 0.717) is 28.3 Å². The number of nitrogens with two attached hydrogens (primary N) is 1. The van der Waals surface area contributed by atoms with E-state index in [1.807, 2.05) is 0 Å². The van der Waals surface area contributed by atoms with Gasteiger partial charge in [-0.05, 0) is 37.6 Å². The smallest absolute Gasteiger partial charge is 0.276 e. The van der Waals surface area contributed by atoms with E-state index in [9.17, 15) is 9.18 Å². The molecule has 0 radical (unpaired) electrons. The molecule has 5 nitrogen and oxygen atoms in total. The number of benzene rings is 1. The van der Waals surface area contributed by atoms with Crippen LogP contribution in [0.5, 0.6) is 0 Å². The third-order valence-corrected chi connectivity index (χ3v) is 2.90. The van der Waals surface area contributed by atoms with Crippen LogP contribution < -0.4 is 11.1 Å². The molecule has 2 rings (SSSR count). The second-order valence-corrected chi connectivity index (χ2v) is 4.39. The third kappa shape index (κ3) is 2.42. The Morgan fingerprint density at radius 2 is 2.11 bits per heavy atom. The molecule has 0 saturated carbocycles. The molecule has 0 aliphatic carbocycles. The maximum atomic E-state index is 13.1. The molecule has 0 spiro atoms. The summed E-state index contributed by atoms with van der Waals surface area (Å²) in [5, 5.41) is 6.75. The van der Waals surface area contributed by atoms with Crippen LogP contribution in [0.15, 0.2) is 18.2 Å². The first-order chi connectivity index (χ1) is 8.90. The fraction of sp³-hybridized carbons (Fsp3) is 0.231. The summed E-state index contributed by atoms with van der Waals surface area (Å²) in [5.41, 5.74) is 8.03. The molecule has 0 aliphatic heterocycles. The van der Waals surface area contributed by atoms with Crippen LogP contribution in [0.4, 0.5) is 15.8 Å². The highest BCUT2D eigenvalue weighted by Gasteiger charge is 2.18. The Hall–Kier alpha value is -2.37. The van der Waals surface area contributed by atoms with E-state index in [1.54, 1.807) is 27.0 Å². The standard InChI is InChI=1S/C13H15FN4O/c1-7-6-9(4-5-10(7)14)16-13(19)12-11(15)8(2)17-18(12)3/h4-6H,15H2,1-3H3,(H,16,19). The first-order valence-corrected chi connectivity index (χ1v) is 5.76. The minimum atomic E-state index is -0.369. The minimum absolute atomic E-state index is 0.291. The van der Waals surface area contributed by atoms with Crippen molar-refractivity contribution in [3.8, 4) is 0 Å². The molecule has 0 bridgehead atoms. The number of nitrogens with one attached hydrogen (secondary N) is 1. The molecule has 6 heteroatoms. The number of nitrogen functional groups attached to an aromatic ring is 1. The number of hydrogen-bond acceptors (Lipinski definition) is 3. The zero-order valence-electron chi connectivity index (χ0n) is 11.0. The summed E-state index contributed by atoms with van der Waals surface area (Å²) >= 11 is 0. The fourth-order valence-corrected chi connectivity index (χ4v) is 1.86. The maximum Gasteiger partial charge on any atom is 0.276 e. The highest BCUT2D eigenvalue weighted by molar-refractivity contribution is 6.06. The number of hydrogen-bond donors (Lipinski definition) is 2. The lowest BCUT2D eigenvalue weighted by molar-refractivity contribution is 0.101.